The molecule has 7 heteroatoms. The monoisotopic (exact) mass is 301 g/mol. The second-order valence-corrected chi connectivity index (χ2v) is 4.14. The van der Waals surface area contributed by atoms with E-state index in [2.05, 4.69) is 26.0 Å². The Morgan fingerprint density at radius 1 is 1.56 bits per heavy atom. The maximum absolute atomic E-state index is 10.7. The lowest BCUT2D eigenvalue weighted by Gasteiger charge is -2.03. The Morgan fingerprint density at radius 3 is 2.81 bits per heavy atom. The minimum Gasteiger partial charge on any atom is -0.478 e. The van der Waals surface area contributed by atoms with Crippen LogP contribution in [0.3, 0.4) is 0 Å². The summed E-state index contributed by atoms with van der Waals surface area (Å²) < 4.78 is 2.10. The zero-order valence-corrected chi connectivity index (χ0v) is 10.1. The van der Waals surface area contributed by atoms with Gasteiger partial charge >= 0.3 is 5.97 Å². The first kappa shape index (κ1) is 11.1. The molecule has 2 rings (SSSR count). The van der Waals surface area contributed by atoms with Crippen molar-refractivity contribution in [2.75, 3.05) is 0 Å². The lowest BCUT2D eigenvalue weighted by molar-refractivity contribution is 0.0696. The third kappa shape index (κ3) is 2.07. The van der Waals surface area contributed by atoms with E-state index in [-0.39, 0.29) is 10.6 Å². The van der Waals surface area contributed by atoms with E-state index >= 15 is 0 Å². The van der Waals surface area contributed by atoms with Crippen LogP contribution in [0.5, 0.6) is 0 Å². The number of carbonyl (C=O) groups is 1. The smallest absolute Gasteiger partial charge is 0.337 e. The average Bonchev–Trinajstić information content (AvgIpc) is 2.64. The van der Waals surface area contributed by atoms with Gasteiger partial charge in [0.2, 0.25) is 0 Å². The average molecular weight is 303 g/mol. The Balaban J connectivity index is 2.47. The SMILES string of the molecule is O=C(O)c1cnc(-n2ccc(Br)n2)c(Cl)c1. The van der Waals surface area contributed by atoms with Gasteiger partial charge in [0.15, 0.2) is 5.82 Å². The Morgan fingerprint density at radius 2 is 2.31 bits per heavy atom. The van der Waals surface area contributed by atoms with Crippen LogP contribution in [0, 0.1) is 0 Å². The molecule has 2 aromatic heterocycles. The molecule has 16 heavy (non-hydrogen) atoms. The summed E-state index contributed by atoms with van der Waals surface area (Å²) >= 11 is 9.11. The summed E-state index contributed by atoms with van der Waals surface area (Å²) in [5.74, 6) is -0.681. The van der Waals surface area contributed by atoms with Crippen molar-refractivity contribution in [2.45, 2.75) is 0 Å². The molecule has 0 spiro atoms. The molecule has 2 heterocycles. The van der Waals surface area contributed by atoms with E-state index in [0.717, 1.165) is 0 Å². The van der Waals surface area contributed by atoms with Crippen molar-refractivity contribution in [3.05, 3.63) is 39.7 Å². The number of aromatic carboxylic acids is 1. The molecule has 0 amide bonds. The number of hydrogen-bond donors (Lipinski definition) is 1. The molecule has 0 aliphatic heterocycles. The summed E-state index contributed by atoms with van der Waals surface area (Å²) in [5.41, 5.74) is 0.0416. The van der Waals surface area contributed by atoms with Crippen molar-refractivity contribution >= 4 is 33.5 Å². The predicted molar refractivity (Wildman–Crippen MR) is 61.0 cm³/mol. The van der Waals surface area contributed by atoms with Gasteiger partial charge in [-0.2, -0.15) is 5.10 Å². The van der Waals surface area contributed by atoms with Crippen LogP contribution in [-0.2, 0) is 0 Å². The Kier molecular flexibility index (Phi) is 2.93. The topological polar surface area (TPSA) is 68.0 Å². The highest BCUT2D eigenvalue weighted by Gasteiger charge is 2.10. The van der Waals surface area contributed by atoms with Crippen LogP contribution in [0.2, 0.25) is 5.02 Å². The fraction of sp³-hybridized carbons (Fsp3) is 0. The second kappa shape index (κ2) is 4.23. The van der Waals surface area contributed by atoms with Gasteiger partial charge in [0.1, 0.15) is 4.60 Å². The van der Waals surface area contributed by atoms with Crippen molar-refractivity contribution in [3.63, 3.8) is 0 Å². The van der Waals surface area contributed by atoms with Crippen LogP contribution in [0.15, 0.2) is 29.1 Å². The predicted octanol–water partition coefficient (Wildman–Crippen LogP) is 2.38. The summed E-state index contributed by atoms with van der Waals surface area (Å²) in [4.78, 5) is 14.6. The summed E-state index contributed by atoms with van der Waals surface area (Å²) in [5, 5.41) is 13.0. The van der Waals surface area contributed by atoms with E-state index in [1.807, 2.05) is 0 Å². The molecule has 2 aromatic rings. The van der Waals surface area contributed by atoms with Crippen LogP contribution >= 0.6 is 27.5 Å². The molecule has 0 fully saturated rings. The summed E-state index contributed by atoms with van der Waals surface area (Å²) in [6.07, 6.45) is 2.90. The van der Waals surface area contributed by atoms with E-state index < -0.39 is 5.97 Å². The maximum atomic E-state index is 10.7. The standard InChI is InChI=1S/C9H5BrClN3O2/c10-7-1-2-14(13-7)8-6(11)3-5(4-12-8)9(15)16/h1-4H,(H,15,16). The highest BCUT2D eigenvalue weighted by molar-refractivity contribution is 9.10. The van der Waals surface area contributed by atoms with Gasteiger partial charge in [-0.1, -0.05) is 11.6 Å². The maximum Gasteiger partial charge on any atom is 0.337 e. The molecule has 0 unspecified atom stereocenters. The number of rotatable bonds is 2. The highest BCUT2D eigenvalue weighted by Crippen LogP contribution is 2.19. The lowest BCUT2D eigenvalue weighted by Crippen LogP contribution is -2.03. The first-order valence-electron chi connectivity index (χ1n) is 4.18. The molecule has 0 aliphatic rings. The zero-order valence-electron chi connectivity index (χ0n) is 7.76. The fourth-order valence-electron chi connectivity index (χ4n) is 1.14. The highest BCUT2D eigenvalue weighted by atomic mass is 79.9. The third-order valence-electron chi connectivity index (χ3n) is 1.84. The molecular weight excluding hydrogens is 297 g/mol. The normalized spacial score (nSPS) is 10.4. The van der Waals surface area contributed by atoms with Crippen LogP contribution in [0.25, 0.3) is 5.82 Å². The first-order valence-corrected chi connectivity index (χ1v) is 5.35. The van der Waals surface area contributed by atoms with E-state index in [0.29, 0.717) is 10.4 Å². The second-order valence-electron chi connectivity index (χ2n) is 2.92. The van der Waals surface area contributed by atoms with Crippen molar-refractivity contribution in [1.82, 2.24) is 14.8 Å². The van der Waals surface area contributed by atoms with Gasteiger partial charge in [-0.05, 0) is 28.1 Å². The van der Waals surface area contributed by atoms with Gasteiger partial charge in [0.25, 0.3) is 0 Å². The van der Waals surface area contributed by atoms with Gasteiger partial charge < -0.3 is 5.11 Å². The number of carboxylic acid groups (broad SMARTS) is 1. The van der Waals surface area contributed by atoms with Crippen LogP contribution < -0.4 is 0 Å². The van der Waals surface area contributed by atoms with Gasteiger partial charge in [-0.15, -0.1) is 0 Å². The van der Waals surface area contributed by atoms with E-state index in [1.54, 1.807) is 12.3 Å². The molecule has 0 bridgehead atoms. The van der Waals surface area contributed by atoms with Crippen LogP contribution in [-0.4, -0.2) is 25.8 Å². The van der Waals surface area contributed by atoms with Crippen molar-refractivity contribution < 1.29 is 9.90 Å². The zero-order chi connectivity index (χ0) is 11.7. The van der Waals surface area contributed by atoms with Crippen LogP contribution in [0.1, 0.15) is 10.4 Å². The van der Waals surface area contributed by atoms with E-state index in [4.69, 9.17) is 16.7 Å². The molecule has 82 valence electrons. The van der Waals surface area contributed by atoms with Gasteiger partial charge in [-0.3, -0.25) is 0 Å². The van der Waals surface area contributed by atoms with Crippen molar-refractivity contribution in [2.24, 2.45) is 0 Å². The number of hydrogen-bond acceptors (Lipinski definition) is 3. The minimum atomic E-state index is -1.07. The molecule has 0 saturated heterocycles. The number of aromatic nitrogens is 3. The third-order valence-corrected chi connectivity index (χ3v) is 2.54. The number of pyridine rings is 1. The quantitative estimate of drug-likeness (QED) is 0.925. The minimum absolute atomic E-state index is 0.0416. The number of nitrogens with zero attached hydrogens (tertiary/aromatic N) is 3. The molecule has 0 radical (unpaired) electrons. The molecule has 0 atom stereocenters. The fourth-order valence-corrected chi connectivity index (χ4v) is 1.68. The van der Waals surface area contributed by atoms with E-state index in [9.17, 15) is 4.79 Å². The van der Waals surface area contributed by atoms with Crippen LogP contribution in [0.4, 0.5) is 0 Å². The Labute approximate surface area is 104 Å². The number of halogens is 2. The molecule has 0 saturated carbocycles. The molecule has 0 aliphatic carbocycles. The summed E-state index contributed by atoms with van der Waals surface area (Å²) in [6.45, 7) is 0. The van der Waals surface area contributed by atoms with Crippen molar-refractivity contribution in [1.29, 1.82) is 0 Å². The largest absolute Gasteiger partial charge is 0.478 e. The molecular formula is C9H5BrClN3O2. The number of carboxylic acids is 1. The van der Waals surface area contributed by atoms with Gasteiger partial charge in [-0.25, -0.2) is 14.5 Å². The van der Waals surface area contributed by atoms with E-state index in [1.165, 1.54) is 16.9 Å². The summed E-state index contributed by atoms with van der Waals surface area (Å²) in [6, 6.07) is 3.06. The molecule has 1 N–H and O–H groups in total. The Bertz CT molecular complexity index is 555. The van der Waals surface area contributed by atoms with Gasteiger partial charge in [0, 0.05) is 12.4 Å². The molecule has 5 nitrogen and oxygen atoms in total. The Hall–Kier alpha value is -1.40. The lowest BCUT2D eigenvalue weighted by atomic mass is 10.3. The first-order chi connectivity index (χ1) is 7.58. The van der Waals surface area contributed by atoms with Crippen molar-refractivity contribution in [3.8, 4) is 5.82 Å². The molecule has 0 aromatic carbocycles. The summed E-state index contributed by atoms with van der Waals surface area (Å²) in [7, 11) is 0. The van der Waals surface area contributed by atoms with Gasteiger partial charge in [0.05, 0.1) is 10.6 Å².